The molecule has 1 atom stereocenters. The van der Waals surface area contributed by atoms with Crippen LogP contribution in [0.3, 0.4) is 0 Å². The molecule has 1 spiro atoms. The molecule has 7 nitrogen and oxygen atoms in total. The average Bonchev–Trinajstić information content (AvgIpc) is 2.89. The maximum absolute atomic E-state index is 13.0. The summed E-state index contributed by atoms with van der Waals surface area (Å²) in [5, 5.41) is 5.27. The molecule has 27 heavy (non-hydrogen) atoms. The zero-order valence-corrected chi connectivity index (χ0v) is 14.2. The quantitative estimate of drug-likeness (QED) is 0.810. The molecule has 0 aromatic heterocycles. The highest BCUT2D eigenvalue weighted by Crippen LogP contribution is 2.40. The molecule has 0 aliphatic carbocycles. The highest BCUT2D eigenvalue weighted by atomic mass is 19.1. The zero-order chi connectivity index (χ0) is 19.0. The Morgan fingerprint density at radius 2 is 1.93 bits per heavy atom. The van der Waals surface area contributed by atoms with Crippen molar-refractivity contribution < 1.29 is 23.5 Å². The van der Waals surface area contributed by atoms with E-state index in [-0.39, 0.29) is 13.0 Å². The Labute approximate surface area is 154 Å². The van der Waals surface area contributed by atoms with E-state index in [2.05, 4.69) is 10.6 Å². The van der Waals surface area contributed by atoms with Gasteiger partial charge in [0.05, 0.1) is 6.61 Å². The number of hydrogen-bond donors (Lipinski definition) is 2. The Hall–Kier alpha value is -3.42. The van der Waals surface area contributed by atoms with Gasteiger partial charge < -0.3 is 15.4 Å². The number of halogens is 1. The molecule has 0 unspecified atom stereocenters. The van der Waals surface area contributed by atoms with Crippen LogP contribution < -0.4 is 15.4 Å². The van der Waals surface area contributed by atoms with E-state index in [9.17, 15) is 18.8 Å². The topological polar surface area (TPSA) is 87.7 Å². The predicted molar refractivity (Wildman–Crippen MR) is 93.5 cm³/mol. The van der Waals surface area contributed by atoms with Crippen LogP contribution in [-0.4, -0.2) is 35.9 Å². The van der Waals surface area contributed by atoms with Gasteiger partial charge in [0.15, 0.2) is 5.54 Å². The highest BCUT2D eigenvalue weighted by molar-refractivity contribution is 6.10. The van der Waals surface area contributed by atoms with E-state index in [1.807, 2.05) is 0 Å². The normalized spacial score (nSPS) is 20.9. The average molecular weight is 369 g/mol. The van der Waals surface area contributed by atoms with Crippen LogP contribution >= 0.6 is 0 Å². The second-order valence-corrected chi connectivity index (χ2v) is 6.38. The number of hydrogen-bond acceptors (Lipinski definition) is 4. The van der Waals surface area contributed by atoms with Crippen molar-refractivity contribution >= 4 is 23.5 Å². The molecule has 1 fully saturated rings. The van der Waals surface area contributed by atoms with Crippen LogP contribution in [0.1, 0.15) is 12.0 Å². The molecular formula is C19H16FN3O4. The Morgan fingerprint density at radius 3 is 2.70 bits per heavy atom. The van der Waals surface area contributed by atoms with Crippen LogP contribution in [-0.2, 0) is 15.1 Å². The lowest BCUT2D eigenvalue weighted by Gasteiger charge is -2.33. The molecule has 2 N–H and O–H groups in total. The third-order valence-electron chi connectivity index (χ3n) is 4.69. The molecular weight excluding hydrogens is 353 g/mol. The van der Waals surface area contributed by atoms with Crippen molar-refractivity contribution in [2.24, 2.45) is 0 Å². The molecule has 2 aromatic rings. The van der Waals surface area contributed by atoms with Crippen LogP contribution in [0.4, 0.5) is 14.9 Å². The van der Waals surface area contributed by atoms with E-state index in [0.29, 0.717) is 17.0 Å². The molecule has 0 radical (unpaired) electrons. The third-order valence-corrected chi connectivity index (χ3v) is 4.69. The van der Waals surface area contributed by atoms with Gasteiger partial charge in [-0.3, -0.25) is 14.5 Å². The van der Waals surface area contributed by atoms with Gasteiger partial charge in [-0.05, 0) is 30.3 Å². The fourth-order valence-corrected chi connectivity index (χ4v) is 3.39. The number of carbonyl (C=O) groups is 3. The first-order chi connectivity index (χ1) is 13.0. The lowest BCUT2D eigenvalue weighted by molar-refractivity contribution is -0.135. The van der Waals surface area contributed by atoms with Gasteiger partial charge >= 0.3 is 6.03 Å². The number of anilines is 1. The van der Waals surface area contributed by atoms with Gasteiger partial charge in [-0.15, -0.1) is 0 Å². The van der Waals surface area contributed by atoms with Crippen molar-refractivity contribution in [1.82, 2.24) is 10.2 Å². The number of imide groups is 1. The highest BCUT2D eigenvalue weighted by Gasteiger charge is 2.55. The minimum Gasteiger partial charge on any atom is -0.493 e. The summed E-state index contributed by atoms with van der Waals surface area (Å²) in [6, 6.07) is 11.6. The monoisotopic (exact) mass is 369 g/mol. The first-order valence-electron chi connectivity index (χ1n) is 8.41. The van der Waals surface area contributed by atoms with Crippen molar-refractivity contribution in [2.75, 3.05) is 18.5 Å². The van der Waals surface area contributed by atoms with Crippen LogP contribution in [0.5, 0.6) is 5.75 Å². The first kappa shape index (κ1) is 17.0. The van der Waals surface area contributed by atoms with Crippen LogP contribution in [0.2, 0.25) is 0 Å². The number of benzene rings is 2. The van der Waals surface area contributed by atoms with Gasteiger partial charge in [-0.1, -0.05) is 18.2 Å². The smallest absolute Gasteiger partial charge is 0.325 e. The Kier molecular flexibility index (Phi) is 4.02. The van der Waals surface area contributed by atoms with Gasteiger partial charge in [0, 0.05) is 17.7 Å². The number of rotatable bonds is 3. The number of amides is 4. The largest absolute Gasteiger partial charge is 0.493 e. The van der Waals surface area contributed by atoms with E-state index in [1.54, 1.807) is 24.3 Å². The lowest BCUT2D eigenvalue weighted by Crippen LogP contribution is -2.48. The number of para-hydroxylation sites is 1. The molecule has 2 aliphatic heterocycles. The second-order valence-electron chi connectivity index (χ2n) is 6.38. The molecule has 0 bridgehead atoms. The summed E-state index contributed by atoms with van der Waals surface area (Å²) in [5.74, 6) is -0.933. The fraction of sp³-hybridized carbons (Fsp3) is 0.211. The van der Waals surface area contributed by atoms with Crippen LogP contribution in [0.15, 0.2) is 48.5 Å². The van der Waals surface area contributed by atoms with Crippen molar-refractivity contribution in [3.05, 3.63) is 59.9 Å². The maximum atomic E-state index is 13.0. The summed E-state index contributed by atoms with van der Waals surface area (Å²) in [6.07, 6.45) is 0.282. The molecule has 2 heterocycles. The number of nitrogens with zero attached hydrogens (tertiary/aromatic N) is 1. The summed E-state index contributed by atoms with van der Waals surface area (Å²) in [7, 11) is 0. The molecule has 1 saturated heterocycles. The third kappa shape index (κ3) is 2.88. The SMILES string of the molecule is O=C(CN1C(=O)N[C@@]2(CCOc3ccccc32)C1=O)Nc1ccc(F)cc1. The number of nitrogens with one attached hydrogen (secondary N) is 2. The standard InChI is InChI=1S/C19H16FN3O4/c20-12-5-7-13(8-6-12)21-16(24)11-23-17(25)19(22-18(23)26)9-10-27-15-4-2-1-3-14(15)19/h1-8H,9-11H2,(H,21,24)(H,22,26)/t19-/m1/s1. The summed E-state index contributed by atoms with van der Waals surface area (Å²) in [4.78, 5) is 38.6. The molecule has 2 aromatic carbocycles. The van der Waals surface area contributed by atoms with Crippen molar-refractivity contribution in [3.8, 4) is 5.75 Å². The predicted octanol–water partition coefficient (Wildman–Crippen LogP) is 1.99. The second kappa shape index (κ2) is 6.39. The van der Waals surface area contributed by atoms with E-state index < -0.39 is 35.7 Å². The van der Waals surface area contributed by atoms with Crippen molar-refractivity contribution in [3.63, 3.8) is 0 Å². The first-order valence-corrected chi connectivity index (χ1v) is 8.41. The van der Waals surface area contributed by atoms with E-state index in [1.165, 1.54) is 24.3 Å². The van der Waals surface area contributed by atoms with Gasteiger partial charge in [-0.25, -0.2) is 9.18 Å². The van der Waals surface area contributed by atoms with E-state index in [0.717, 1.165) is 4.90 Å². The van der Waals surface area contributed by atoms with Crippen molar-refractivity contribution in [1.29, 1.82) is 0 Å². The van der Waals surface area contributed by atoms with Gasteiger partial charge in [0.25, 0.3) is 5.91 Å². The van der Waals surface area contributed by atoms with Gasteiger partial charge in [-0.2, -0.15) is 0 Å². The fourth-order valence-electron chi connectivity index (χ4n) is 3.39. The van der Waals surface area contributed by atoms with Gasteiger partial charge in [0.1, 0.15) is 18.1 Å². The van der Waals surface area contributed by atoms with Crippen LogP contribution in [0, 0.1) is 5.82 Å². The molecule has 4 rings (SSSR count). The summed E-state index contributed by atoms with van der Waals surface area (Å²) in [6.45, 7) is -0.161. The van der Waals surface area contributed by atoms with Crippen LogP contribution in [0.25, 0.3) is 0 Å². The van der Waals surface area contributed by atoms with E-state index >= 15 is 0 Å². The molecule has 4 amide bonds. The van der Waals surface area contributed by atoms with E-state index in [4.69, 9.17) is 4.74 Å². The minimum absolute atomic E-state index is 0.276. The molecule has 2 aliphatic rings. The Balaban J connectivity index is 1.54. The summed E-state index contributed by atoms with van der Waals surface area (Å²) in [5.41, 5.74) is -0.266. The summed E-state index contributed by atoms with van der Waals surface area (Å²) < 4.78 is 18.5. The number of urea groups is 1. The Morgan fingerprint density at radius 1 is 1.19 bits per heavy atom. The zero-order valence-electron chi connectivity index (χ0n) is 14.2. The number of ether oxygens (including phenoxy) is 1. The molecule has 8 heteroatoms. The number of carbonyl (C=O) groups excluding carboxylic acids is 3. The molecule has 138 valence electrons. The maximum Gasteiger partial charge on any atom is 0.325 e. The number of fused-ring (bicyclic) bond motifs is 2. The van der Waals surface area contributed by atoms with Crippen molar-refractivity contribution in [2.45, 2.75) is 12.0 Å². The van der Waals surface area contributed by atoms with Gasteiger partial charge in [0.2, 0.25) is 5.91 Å². The minimum atomic E-state index is -1.22. The lowest BCUT2D eigenvalue weighted by atomic mass is 9.84. The summed E-state index contributed by atoms with van der Waals surface area (Å²) >= 11 is 0. The Bertz CT molecular complexity index is 931. The molecule has 0 saturated carbocycles.